The molecule has 0 radical (unpaired) electrons. The van der Waals surface area contributed by atoms with E-state index in [1.165, 1.54) is 0 Å². The zero-order chi connectivity index (χ0) is 16.7. The summed E-state index contributed by atoms with van der Waals surface area (Å²) in [5.41, 5.74) is 0. The molecule has 128 valence electrons. The minimum absolute atomic E-state index is 0.100. The van der Waals surface area contributed by atoms with Crippen LogP contribution in [0, 0.1) is 11.8 Å². The summed E-state index contributed by atoms with van der Waals surface area (Å²) in [5.74, 6) is -1.52. The van der Waals surface area contributed by atoms with Gasteiger partial charge in [0.2, 0.25) is 5.91 Å². The van der Waals surface area contributed by atoms with Crippen molar-refractivity contribution in [3.05, 3.63) is 36.3 Å². The second kappa shape index (κ2) is 6.07. The van der Waals surface area contributed by atoms with Crippen LogP contribution in [0.25, 0.3) is 0 Å². The number of nitrogens with zero attached hydrogens (tertiary/aromatic N) is 2. The third kappa shape index (κ3) is 2.63. The van der Waals surface area contributed by atoms with Gasteiger partial charge in [0.1, 0.15) is 11.7 Å². The first-order valence-corrected chi connectivity index (χ1v) is 8.23. The number of aliphatic carboxylic acids is 1. The average molecular weight is 332 g/mol. The van der Waals surface area contributed by atoms with Crippen LogP contribution in [0.4, 0.5) is 0 Å². The maximum absolute atomic E-state index is 12.8. The first kappa shape index (κ1) is 15.4. The molecule has 0 spiro atoms. The van der Waals surface area contributed by atoms with Crippen molar-refractivity contribution in [2.24, 2.45) is 11.8 Å². The van der Waals surface area contributed by atoms with Crippen LogP contribution in [-0.2, 0) is 20.9 Å². The Morgan fingerprint density at radius 2 is 1.83 bits per heavy atom. The fourth-order valence-corrected chi connectivity index (χ4v) is 3.86. The Morgan fingerprint density at radius 1 is 1.12 bits per heavy atom. The van der Waals surface area contributed by atoms with Crippen molar-refractivity contribution < 1.29 is 23.8 Å². The Morgan fingerprint density at radius 3 is 2.46 bits per heavy atom. The SMILES string of the molecule is O=C(O)[C@@H]1[C@H](C(=O)N2CCN(Cc3ccco3)CC2)[C@H]2C=C[C@@H]1O2. The minimum Gasteiger partial charge on any atom is -0.481 e. The number of hydrogen-bond acceptors (Lipinski definition) is 5. The van der Waals surface area contributed by atoms with E-state index in [1.807, 2.05) is 18.2 Å². The number of carboxylic acids is 1. The van der Waals surface area contributed by atoms with Crippen LogP contribution in [0.2, 0.25) is 0 Å². The van der Waals surface area contributed by atoms with E-state index >= 15 is 0 Å². The van der Waals surface area contributed by atoms with Gasteiger partial charge < -0.3 is 19.2 Å². The van der Waals surface area contributed by atoms with Crippen LogP contribution in [-0.4, -0.2) is 65.2 Å². The lowest BCUT2D eigenvalue weighted by molar-refractivity contribution is -0.150. The second-order valence-electron chi connectivity index (χ2n) is 6.52. The van der Waals surface area contributed by atoms with Gasteiger partial charge in [-0.1, -0.05) is 12.2 Å². The first-order chi connectivity index (χ1) is 11.6. The number of rotatable bonds is 4. The molecule has 2 saturated heterocycles. The Hall–Kier alpha value is -2.12. The fraction of sp³-hybridized carbons (Fsp3) is 0.529. The summed E-state index contributed by atoms with van der Waals surface area (Å²) >= 11 is 0. The second-order valence-corrected chi connectivity index (χ2v) is 6.52. The molecule has 7 nitrogen and oxygen atoms in total. The van der Waals surface area contributed by atoms with Crippen molar-refractivity contribution in [1.29, 1.82) is 0 Å². The van der Waals surface area contributed by atoms with Crippen molar-refractivity contribution in [2.75, 3.05) is 26.2 Å². The molecule has 2 fully saturated rings. The van der Waals surface area contributed by atoms with E-state index in [-0.39, 0.29) is 5.91 Å². The summed E-state index contributed by atoms with van der Waals surface area (Å²) in [6.07, 6.45) is 4.37. The molecule has 4 atom stereocenters. The molecule has 3 aliphatic heterocycles. The van der Waals surface area contributed by atoms with E-state index in [4.69, 9.17) is 9.15 Å². The quantitative estimate of drug-likeness (QED) is 0.812. The molecular formula is C17H20N2O5. The molecule has 4 heterocycles. The molecule has 0 aliphatic carbocycles. The van der Waals surface area contributed by atoms with Gasteiger partial charge >= 0.3 is 5.97 Å². The van der Waals surface area contributed by atoms with Crippen molar-refractivity contribution in [1.82, 2.24) is 9.80 Å². The molecule has 1 aromatic rings. The monoisotopic (exact) mass is 332 g/mol. The van der Waals surface area contributed by atoms with Gasteiger partial charge in [-0.05, 0) is 12.1 Å². The van der Waals surface area contributed by atoms with E-state index in [2.05, 4.69) is 4.90 Å². The first-order valence-electron chi connectivity index (χ1n) is 8.23. The number of ether oxygens (including phenoxy) is 1. The van der Waals surface area contributed by atoms with Crippen LogP contribution in [0.3, 0.4) is 0 Å². The van der Waals surface area contributed by atoms with Crippen LogP contribution in [0.1, 0.15) is 5.76 Å². The van der Waals surface area contributed by atoms with E-state index in [0.29, 0.717) is 13.1 Å². The summed E-state index contributed by atoms with van der Waals surface area (Å²) in [5, 5.41) is 9.44. The summed E-state index contributed by atoms with van der Waals surface area (Å²) in [6, 6.07) is 3.80. The lowest BCUT2D eigenvalue weighted by Gasteiger charge is -2.36. The van der Waals surface area contributed by atoms with Gasteiger partial charge in [0.15, 0.2) is 0 Å². The zero-order valence-electron chi connectivity index (χ0n) is 13.2. The highest BCUT2D eigenvalue weighted by Gasteiger charge is 2.54. The summed E-state index contributed by atoms with van der Waals surface area (Å²) in [6.45, 7) is 3.43. The molecule has 7 heteroatoms. The highest BCUT2D eigenvalue weighted by molar-refractivity contribution is 5.87. The normalized spacial score (nSPS) is 32.4. The molecule has 1 aromatic heterocycles. The standard InChI is InChI=1S/C17H20N2O5/c20-16(14-12-3-4-13(24-12)15(14)17(21)22)19-7-5-18(6-8-19)10-11-2-1-9-23-11/h1-4,9,12-15H,5-8,10H2,(H,21,22)/t12-,13+,14-,15+/m1/s1. The topological polar surface area (TPSA) is 83.2 Å². The predicted octanol–water partition coefficient (Wildman–Crippen LogP) is 0.578. The van der Waals surface area contributed by atoms with E-state index < -0.39 is 30.0 Å². The molecular weight excluding hydrogens is 312 g/mol. The number of carbonyl (C=O) groups excluding carboxylic acids is 1. The van der Waals surface area contributed by atoms with E-state index in [9.17, 15) is 14.7 Å². The lowest BCUT2D eigenvalue weighted by atomic mass is 9.82. The highest BCUT2D eigenvalue weighted by Crippen LogP contribution is 2.40. The molecule has 1 N–H and O–H groups in total. The minimum atomic E-state index is -0.957. The van der Waals surface area contributed by atoms with Crippen molar-refractivity contribution in [3.8, 4) is 0 Å². The van der Waals surface area contributed by atoms with Crippen molar-refractivity contribution in [3.63, 3.8) is 0 Å². The average Bonchev–Trinajstić information content (AvgIpc) is 3.31. The third-order valence-electron chi connectivity index (χ3n) is 5.11. The van der Waals surface area contributed by atoms with Gasteiger partial charge in [-0.15, -0.1) is 0 Å². The Bertz CT molecular complexity index is 648. The van der Waals surface area contributed by atoms with Gasteiger partial charge in [-0.2, -0.15) is 0 Å². The Balaban J connectivity index is 1.38. The number of hydrogen-bond donors (Lipinski definition) is 1. The molecule has 4 rings (SSSR count). The van der Waals surface area contributed by atoms with Gasteiger partial charge in [0.25, 0.3) is 0 Å². The number of carboxylic acid groups (broad SMARTS) is 1. The molecule has 3 aliphatic rings. The number of fused-ring (bicyclic) bond motifs is 2. The van der Waals surface area contributed by atoms with Gasteiger partial charge in [0.05, 0.1) is 30.9 Å². The third-order valence-corrected chi connectivity index (χ3v) is 5.11. The van der Waals surface area contributed by atoms with Crippen LogP contribution >= 0.6 is 0 Å². The summed E-state index contributed by atoms with van der Waals surface area (Å²) < 4.78 is 11.0. The maximum Gasteiger partial charge on any atom is 0.310 e. The van der Waals surface area contributed by atoms with Crippen molar-refractivity contribution >= 4 is 11.9 Å². The maximum atomic E-state index is 12.8. The van der Waals surface area contributed by atoms with Gasteiger partial charge in [0, 0.05) is 26.2 Å². The molecule has 0 saturated carbocycles. The number of piperazine rings is 1. The molecule has 2 bridgehead atoms. The van der Waals surface area contributed by atoms with E-state index in [1.54, 1.807) is 17.2 Å². The number of furan rings is 1. The summed E-state index contributed by atoms with van der Waals surface area (Å²) in [7, 11) is 0. The van der Waals surface area contributed by atoms with Gasteiger partial charge in [-0.25, -0.2) is 0 Å². The highest BCUT2D eigenvalue weighted by atomic mass is 16.5. The molecule has 24 heavy (non-hydrogen) atoms. The van der Waals surface area contributed by atoms with Crippen molar-refractivity contribution in [2.45, 2.75) is 18.8 Å². The predicted molar refractivity (Wildman–Crippen MR) is 83.0 cm³/mol. The van der Waals surface area contributed by atoms with Crippen LogP contribution in [0.5, 0.6) is 0 Å². The molecule has 0 unspecified atom stereocenters. The van der Waals surface area contributed by atoms with E-state index in [0.717, 1.165) is 25.4 Å². The number of amides is 1. The Labute approximate surface area is 139 Å². The smallest absolute Gasteiger partial charge is 0.310 e. The molecule has 1 amide bonds. The van der Waals surface area contributed by atoms with Gasteiger partial charge in [-0.3, -0.25) is 14.5 Å². The largest absolute Gasteiger partial charge is 0.481 e. The molecule has 0 aromatic carbocycles. The van der Waals surface area contributed by atoms with Crippen LogP contribution < -0.4 is 0 Å². The van der Waals surface area contributed by atoms with Crippen LogP contribution in [0.15, 0.2) is 35.0 Å². The summed E-state index contributed by atoms with van der Waals surface area (Å²) in [4.78, 5) is 28.4. The fourth-order valence-electron chi connectivity index (χ4n) is 3.86. The lowest BCUT2D eigenvalue weighted by Crippen LogP contribution is -2.52. The zero-order valence-corrected chi connectivity index (χ0v) is 13.2. The number of carbonyl (C=O) groups is 2. The Kier molecular flexibility index (Phi) is 3.90.